The summed E-state index contributed by atoms with van der Waals surface area (Å²) in [6, 6.07) is 10.6. The first-order valence-corrected chi connectivity index (χ1v) is 8.65. The van der Waals surface area contributed by atoms with Crippen molar-refractivity contribution < 1.29 is 13.9 Å². The number of aliphatic hydroxyl groups is 1. The van der Waals surface area contributed by atoms with Crippen molar-refractivity contribution in [3.63, 3.8) is 0 Å². The maximum atomic E-state index is 13.8. The lowest BCUT2D eigenvalue weighted by Gasteiger charge is -2.19. The molecule has 2 unspecified atom stereocenters. The van der Waals surface area contributed by atoms with Gasteiger partial charge in [0.1, 0.15) is 11.6 Å². The van der Waals surface area contributed by atoms with Gasteiger partial charge in [0.05, 0.1) is 18.7 Å². The first kappa shape index (κ1) is 19.8. The molecule has 0 spiro atoms. The molecule has 3 N–H and O–H groups in total. The van der Waals surface area contributed by atoms with Crippen LogP contribution in [0.2, 0.25) is 0 Å². The smallest absolute Gasteiger partial charge is 0.191 e. The van der Waals surface area contributed by atoms with Gasteiger partial charge in [-0.15, -0.1) is 0 Å². The fourth-order valence-electron chi connectivity index (χ4n) is 2.45. The largest absolute Gasteiger partial charge is 0.386 e. The molecule has 2 aromatic carbocycles. The molecule has 6 heteroatoms. The van der Waals surface area contributed by atoms with Crippen molar-refractivity contribution in [1.29, 1.82) is 0 Å². The summed E-state index contributed by atoms with van der Waals surface area (Å²) in [5.41, 5.74) is 2.00. The highest BCUT2D eigenvalue weighted by atomic mass is 19.1. The van der Waals surface area contributed by atoms with E-state index in [0.717, 1.165) is 5.56 Å². The Morgan fingerprint density at radius 1 is 1.12 bits per heavy atom. The van der Waals surface area contributed by atoms with Crippen molar-refractivity contribution in [2.75, 3.05) is 13.1 Å². The molecule has 0 bridgehead atoms. The van der Waals surface area contributed by atoms with Crippen molar-refractivity contribution in [2.45, 2.75) is 32.9 Å². The van der Waals surface area contributed by atoms with E-state index in [9.17, 15) is 13.9 Å². The second kappa shape index (κ2) is 9.29. The highest BCUT2D eigenvalue weighted by molar-refractivity contribution is 5.80. The molecule has 2 aromatic rings. The van der Waals surface area contributed by atoms with Crippen LogP contribution < -0.4 is 10.6 Å². The average molecular weight is 361 g/mol. The van der Waals surface area contributed by atoms with Gasteiger partial charge in [0, 0.05) is 6.54 Å². The zero-order chi connectivity index (χ0) is 19.1. The van der Waals surface area contributed by atoms with E-state index < -0.39 is 6.10 Å². The van der Waals surface area contributed by atoms with Gasteiger partial charge in [0.25, 0.3) is 0 Å². The molecule has 0 saturated carbocycles. The monoisotopic (exact) mass is 361 g/mol. The van der Waals surface area contributed by atoms with E-state index in [-0.39, 0.29) is 24.2 Å². The molecule has 2 atom stereocenters. The number of guanidine groups is 1. The Morgan fingerprint density at radius 2 is 1.77 bits per heavy atom. The maximum Gasteiger partial charge on any atom is 0.191 e. The minimum atomic E-state index is -0.835. The van der Waals surface area contributed by atoms with Crippen LogP contribution in [0.3, 0.4) is 0 Å². The van der Waals surface area contributed by atoms with Crippen molar-refractivity contribution in [3.8, 4) is 0 Å². The summed E-state index contributed by atoms with van der Waals surface area (Å²) in [6.07, 6.45) is -0.835. The Labute approximate surface area is 153 Å². The first-order chi connectivity index (χ1) is 12.4. The summed E-state index contributed by atoms with van der Waals surface area (Å²) < 4.78 is 26.7. The highest BCUT2D eigenvalue weighted by Crippen LogP contribution is 2.17. The van der Waals surface area contributed by atoms with Crippen molar-refractivity contribution in [3.05, 3.63) is 70.8 Å². The molecule has 0 aliphatic rings. The summed E-state index contributed by atoms with van der Waals surface area (Å²) in [5, 5.41) is 16.5. The van der Waals surface area contributed by atoms with E-state index in [4.69, 9.17) is 0 Å². The second-order valence-corrected chi connectivity index (χ2v) is 6.16. The molecule has 4 nitrogen and oxygen atoms in total. The van der Waals surface area contributed by atoms with Crippen molar-refractivity contribution in [1.82, 2.24) is 10.6 Å². The van der Waals surface area contributed by atoms with Gasteiger partial charge >= 0.3 is 0 Å². The molecule has 0 saturated heterocycles. The summed E-state index contributed by atoms with van der Waals surface area (Å²) in [4.78, 5) is 4.37. The summed E-state index contributed by atoms with van der Waals surface area (Å²) >= 11 is 0. The Morgan fingerprint density at radius 3 is 2.38 bits per heavy atom. The number of benzene rings is 2. The lowest BCUT2D eigenvalue weighted by Crippen LogP contribution is -2.39. The van der Waals surface area contributed by atoms with Crippen LogP contribution in [0.1, 0.15) is 42.7 Å². The molecule has 0 aliphatic heterocycles. The number of aliphatic hydroxyl groups excluding tert-OH is 1. The van der Waals surface area contributed by atoms with Crippen LogP contribution in [0.5, 0.6) is 0 Å². The Balaban J connectivity index is 2.05. The zero-order valence-electron chi connectivity index (χ0n) is 15.3. The Kier molecular flexibility index (Phi) is 7.09. The number of aliphatic imine (C=N–C) groups is 1. The molecule has 2 rings (SSSR count). The summed E-state index contributed by atoms with van der Waals surface area (Å²) in [7, 11) is 0. The van der Waals surface area contributed by atoms with Crippen LogP contribution in [0.15, 0.2) is 47.5 Å². The Bertz CT molecular complexity index is 747. The molecule has 0 radical (unpaired) electrons. The number of aryl methyl sites for hydroxylation is 1. The lowest BCUT2D eigenvalue weighted by atomic mass is 10.1. The number of halogens is 2. The molecular formula is C20H25F2N3O. The molecule has 0 aliphatic carbocycles. The molecule has 26 heavy (non-hydrogen) atoms. The van der Waals surface area contributed by atoms with Crippen LogP contribution in [-0.2, 0) is 0 Å². The second-order valence-electron chi connectivity index (χ2n) is 6.16. The topological polar surface area (TPSA) is 56.7 Å². The van der Waals surface area contributed by atoms with Gasteiger partial charge in [-0.3, -0.25) is 4.99 Å². The average Bonchev–Trinajstić information content (AvgIpc) is 2.62. The molecular weight excluding hydrogens is 336 g/mol. The third kappa shape index (κ3) is 5.52. The fraction of sp³-hybridized carbons (Fsp3) is 0.350. The van der Waals surface area contributed by atoms with Gasteiger partial charge in [0.2, 0.25) is 0 Å². The van der Waals surface area contributed by atoms with E-state index in [1.54, 1.807) is 13.0 Å². The van der Waals surface area contributed by atoms with Gasteiger partial charge < -0.3 is 15.7 Å². The fourth-order valence-corrected chi connectivity index (χ4v) is 2.45. The number of nitrogens with zero attached hydrogens (tertiary/aromatic N) is 1. The maximum absolute atomic E-state index is 13.8. The van der Waals surface area contributed by atoms with Crippen molar-refractivity contribution >= 4 is 5.96 Å². The summed E-state index contributed by atoms with van der Waals surface area (Å²) in [5.74, 6) is -0.0782. The van der Waals surface area contributed by atoms with E-state index >= 15 is 0 Å². The molecule has 140 valence electrons. The van der Waals surface area contributed by atoms with Gasteiger partial charge in [-0.25, -0.2) is 8.78 Å². The van der Waals surface area contributed by atoms with E-state index in [0.29, 0.717) is 23.6 Å². The molecule has 0 fully saturated rings. The van der Waals surface area contributed by atoms with E-state index in [2.05, 4.69) is 15.6 Å². The number of rotatable bonds is 6. The zero-order valence-corrected chi connectivity index (χ0v) is 15.3. The number of nitrogens with one attached hydrogen (secondary N) is 2. The van der Waals surface area contributed by atoms with Crippen LogP contribution in [0, 0.1) is 18.6 Å². The van der Waals surface area contributed by atoms with Crippen molar-refractivity contribution in [2.24, 2.45) is 4.99 Å². The third-order valence-corrected chi connectivity index (χ3v) is 4.07. The predicted octanol–water partition coefficient (Wildman–Crippen LogP) is 3.62. The Hall–Kier alpha value is -2.47. The normalized spacial score (nSPS) is 14.0. The van der Waals surface area contributed by atoms with Gasteiger partial charge in [-0.2, -0.15) is 0 Å². The van der Waals surface area contributed by atoms with Crippen LogP contribution in [0.25, 0.3) is 0 Å². The number of hydrogen-bond donors (Lipinski definition) is 3. The minimum absolute atomic E-state index is 0.121. The van der Waals surface area contributed by atoms with E-state index in [1.807, 2.05) is 19.9 Å². The quantitative estimate of drug-likeness (QED) is 0.544. The van der Waals surface area contributed by atoms with Gasteiger partial charge in [-0.05, 0) is 55.7 Å². The van der Waals surface area contributed by atoms with E-state index in [1.165, 1.54) is 30.3 Å². The van der Waals surface area contributed by atoms with Crippen LogP contribution >= 0.6 is 0 Å². The van der Waals surface area contributed by atoms with Crippen LogP contribution in [-0.4, -0.2) is 24.2 Å². The predicted molar refractivity (Wildman–Crippen MR) is 100 cm³/mol. The van der Waals surface area contributed by atoms with Gasteiger partial charge in [0.15, 0.2) is 5.96 Å². The molecule has 0 amide bonds. The number of hydrogen-bond acceptors (Lipinski definition) is 2. The molecule has 0 heterocycles. The van der Waals surface area contributed by atoms with Gasteiger partial charge in [-0.1, -0.05) is 24.3 Å². The van der Waals surface area contributed by atoms with Crippen LogP contribution in [0.4, 0.5) is 8.78 Å². The third-order valence-electron chi connectivity index (χ3n) is 4.07. The molecule has 0 aromatic heterocycles. The lowest BCUT2D eigenvalue weighted by molar-refractivity contribution is 0.187. The first-order valence-electron chi connectivity index (χ1n) is 8.65. The summed E-state index contributed by atoms with van der Waals surface area (Å²) in [6.45, 7) is 6.33. The minimum Gasteiger partial charge on any atom is -0.386 e. The standard InChI is InChI=1S/C20H25F2N3O/c1-4-23-20(24-12-19(26)15-7-9-17(21)10-8-15)25-14(3)16-6-5-13(2)18(22)11-16/h5-11,14,19,26H,4,12H2,1-3H3,(H2,23,24,25). The highest BCUT2D eigenvalue weighted by Gasteiger charge is 2.11. The SMILES string of the molecule is CCNC(=NCC(O)c1ccc(F)cc1)NC(C)c1ccc(C)c(F)c1.